The number of hydrogen-bond acceptors (Lipinski definition) is 5. The lowest BCUT2D eigenvalue weighted by Gasteiger charge is -2.21. The van der Waals surface area contributed by atoms with Crippen molar-refractivity contribution in [3.63, 3.8) is 0 Å². The zero-order chi connectivity index (χ0) is 18.6. The second-order valence-corrected chi connectivity index (χ2v) is 6.76. The van der Waals surface area contributed by atoms with Crippen LogP contribution >= 0.6 is 0 Å². The Hall–Kier alpha value is -2.70. The number of amides is 1. The van der Waals surface area contributed by atoms with E-state index in [2.05, 4.69) is 15.4 Å². The summed E-state index contributed by atoms with van der Waals surface area (Å²) in [5.74, 6) is -0.657. The number of rotatable bonds is 5. The molecule has 0 radical (unpaired) electrons. The first-order valence-corrected chi connectivity index (χ1v) is 8.14. The summed E-state index contributed by atoms with van der Waals surface area (Å²) in [6.45, 7) is 10.0. The highest BCUT2D eigenvalue weighted by molar-refractivity contribution is 5.94. The van der Waals surface area contributed by atoms with E-state index in [-0.39, 0.29) is 24.6 Å². The molecule has 2 aromatic rings. The molecule has 0 fully saturated rings. The van der Waals surface area contributed by atoms with E-state index < -0.39 is 5.97 Å². The fourth-order valence-electron chi connectivity index (χ4n) is 2.58. The number of pyridine rings is 1. The Morgan fingerprint density at radius 2 is 1.84 bits per heavy atom. The number of hydrogen-bond donors (Lipinski definition) is 1. The fraction of sp³-hybridized carbons (Fsp3) is 0.444. The van der Waals surface area contributed by atoms with Crippen LogP contribution in [0.3, 0.4) is 0 Å². The third-order valence-electron chi connectivity index (χ3n) is 3.69. The number of nitrogens with one attached hydrogen (secondary N) is 1. The maximum absolute atomic E-state index is 12.3. The van der Waals surface area contributed by atoms with Crippen molar-refractivity contribution in [2.45, 2.75) is 40.2 Å². The molecule has 1 N–H and O–H groups in total. The van der Waals surface area contributed by atoms with Gasteiger partial charge in [0, 0.05) is 18.0 Å². The van der Waals surface area contributed by atoms with E-state index in [4.69, 9.17) is 4.74 Å². The maximum Gasteiger partial charge on any atom is 0.341 e. The molecule has 7 heteroatoms. The monoisotopic (exact) mass is 344 g/mol. The van der Waals surface area contributed by atoms with Gasteiger partial charge in [-0.2, -0.15) is 5.10 Å². The van der Waals surface area contributed by atoms with E-state index in [1.165, 1.54) is 0 Å². The third kappa shape index (κ3) is 4.43. The van der Waals surface area contributed by atoms with Gasteiger partial charge >= 0.3 is 5.97 Å². The van der Waals surface area contributed by atoms with E-state index in [0.717, 1.165) is 5.69 Å². The molecule has 7 nitrogen and oxygen atoms in total. The number of aryl methyl sites for hydroxylation is 1. The molecule has 0 saturated heterocycles. The van der Waals surface area contributed by atoms with Crippen LogP contribution in [0.5, 0.6) is 0 Å². The minimum absolute atomic E-state index is 0.0925. The van der Waals surface area contributed by atoms with Crippen molar-refractivity contribution < 1.29 is 14.3 Å². The Bertz CT molecular complexity index is 761. The molecule has 2 rings (SSSR count). The molecule has 0 aromatic carbocycles. The summed E-state index contributed by atoms with van der Waals surface area (Å²) in [5.41, 5.74) is 2.19. The smallest absolute Gasteiger partial charge is 0.341 e. The Kier molecular flexibility index (Phi) is 5.56. The van der Waals surface area contributed by atoms with Gasteiger partial charge in [-0.1, -0.05) is 0 Å². The van der Waals surface area contributed by atoms with Gasteiger partial charge < -0.3 is 10.1 Å². The Morgan fingerprint density at radius 1 is 1.20 bits per heavy atom. The molecule has 25 heavy (non-hydrogen) atoms. The zero-order valence-electron chi connectivity index (χ0n) is 15.3. The van der Waals surface area contributed by atoms with Crippen LogP contribution in [-0.4, -0.2) is 39.8 Å². The molecule has 0 aliphatic rings. The van der Waals surface area contributed by atoms with Crippen LogP contribution in [0.4, 0.5) is 0 Å². The van der Waals surface area contributed by atoms with E-state index in [1.807, 2.05) is 32.4 Å². The first-order chi connectivity index (χ1) is 11.7. The van der Waals surface area contributed by atoms with E-state index in [1.54, 1.807) is 31.5 Å². The van der Waals surface area contributed by atoms with Crippen LogP contribution in [0.15, 0.2) is 24.5 Å². The molecule has 0 spiro atoms. The summed E-state index contributed by atoms with van der Waals surface area (Å²) in [7, 11) is 0. The van der Waals surface area contributed by atoms with Crippen LogP contribution in [0.2, 0.25) is 0 Å². The van der Waals surface area contributed by atoms with Crippen LogP contribution in [-0.2, 0) is 10.3 Å². The number of esters is 1. The van der Waals surface area contributed by atoms with Crippen molar-refractivity contribution in [3.8, 4) is 0 Å². The summed E-state index contributed by atoms with van der Waals surface area (Å²) in [5, 5.41) is 7.14. The van der Waals surface area contributed by atoms with Crippen molar-refractivity contribution in [2.75, 3.05) is 13.2 Å². The van der Waals surface area contributed by atoms with Gasteiger partial charge in [-0.05, 0) is 46.8 Å². The largest absolute Gasteiger partial charge is 0.460 e. The Labute approximate surface area is 147 Å². The van der Waals surface area contributed by atoms with Crippen molar-refractivity contribution >= 4 is 11.9 Å². The number of ether oxygens (including phenoxy) is 1. The van der Waals surface area contributed by atoms with Gasteiger partial charge in [0.25, 0.3) is 5.91 Å². The van der Waals surface area contributed by atoms with Gasteiger partial charge in [-0.15, -0.1) is 0 Å². The standard InChI is InChI=1S/C18H24N4O3/c1-12-15(13(2)22(21-12)18(3,4)5)17(24)25-11-10-20-16(23)14-6-8-19-9-7-14/h6-9H,10-11H2,1-5H3,(H,20,23). The van der Waals surface area contributed by atoms with Gasteiger partial charge in [0.05, 0.1) is 23.5 Å². The molecule has 1 amide bonds. The predicted molar refractivity (Wildman–Crippen MR) is 93.5 cm³/mol. The molecule has 0 unspecified atom stereocenters. The second kappa shape index (κ2) is 7.46. The number of carbonyl (C=O) groups is 2. The lowest BCUT2D eigenvalue weighted by molar-refractivity contribution is 0.0501. The highest BCUT2D eigenvalue weighted by Gasteiger charge is 2.25. The molecule has 134 valence electrons. The summed E-state index contributed by atoms with van der Waals surface area (Å²) in [4.78, 5) is 28.1. The van der Waals surface area contributed by atoms with Crippen LogP contribution in [0.25, 0.3) is 0 Å². The molecule has 2 heterocycles. The summed E-state index contributed by atoms with van der Waals surface area (Å²) in [6, 6.07) is 3.24. The molecular formula is C18H24N4O3. The Balaban J connectivity index is 1.91. The van der Waals surface area contributed by atoms with Crippen LogP contribution in [0.1, 0.15) is 52.9 Å². The van der Waals surface area contributed by atoms with Gasteiger partial charge in [-0.3, -0.25) is 14.5 Å². The van der Waals surface area contributed by atoms with Gasteiger partial charge in [0.1, 0.15) is 12.2 Å². The molecule has 2 aromatic heterocycles. The molecular weight excluding hydrogens is 320 g/mol. The zero-order valence-corrected chi connectivity index (χ0v) is 15.3. The SMILES string of the molecule is Cc1nn(C(C)(C)C)c(C)c1C(=O)OCCNC(=O)c1ccncc1. The second-order valence-electron chi connectivity index (χ2n) is 6.76. The molecule has 0 atom stereocenters. The molecule has 0 aliphatic carbocycles. The van der Waals surface area contributed by atoms with Gasteiger partial charge in [0.15, 0.2) is 0 Å². The van der Waals surface area contributed by atoms with Crippen molar-refractivity contribution in [1.29, 1.82) is 0 Å². The lowest BCUT2D eigenvalue weighted by atomic mass is 10.1. The van der Waals surface area contributed by atoms with Crippen LogP contribution < -0.4 is 5.32 Å². The highest BCUT2D eigenvalue weighted by atomic mass is 16.5. The lowest BCUT2D eigenvalue weighted by Crippen LogP contribution is -2.28. The first kappa shape index (κ1) is 18.6. The van der Waals surface area contributed by atoms with Crippen molar-refractivity contribution in [3.05, 3.63) is 47.0 Å². The normalized spacial score (nSPS) is 11.2. The molecule has 0 aliphatic heterocycles. The average Bonchev–Trinajstić information content (AvgIpc) is 2.87. The first-order valence-electron chi connectivity index (χ1n) is 8.14. The molecule has 0 saturated carbocycles. The predicted octanol–water partition coefficient (Wildman–Crippen LogP) is 2.24. The summed E-state index contributed by atoms with van der Waals surface area (Å²) >= 11 is 0. The maximum atomic E-state index is 12.3. The number of aromatic nitrogens is 3. The van der Waals surface area contributed by atoms with Crippen molar-refractivity contribution in [1.82, 2.24) is 20.1 Å². The van der Waals surface area contributed by atoms with Crippen molar-refractivity contribution in [2.24, 2.45) is 0 Å². The van der Waals surface area contributed by atoms with E-state index >= 15 is 0 Å². The summed E-state index contributed by atoms with van der Waals surface area (Å²) in [6.07, 6.45) is 3.10. The van der Waals surface area contributed by atoms with Gasteiger partial charge in [0.2, 0.25) is 0 Å². The fourth-order valence-corrected chi connectivity index (χ4v) is 2.58. The van der Waals surface area contributed by atoms with Crippen LogP contribution in [0, 0.1) is 13.8 Å². The number of nitrogens with zero attached hydrogens (tertiary/aromatic N) is 3. The average molecular weight is 344 g/mol. The molecule has 0 bridgehead atoms. The van der Waals surface area contributed by atoms with E-state index in [0.29, 0.717) is 16.8 Å². The van der Waals surface area contributed by atoms with E-state index in [9.17, 15) is 9.59 Å². The summed E-state index contributed by atoms with van der Waals surface area (Å²) < 4.78 is 7.11. The minimum atomic E-state index is -0.427. The topological polar surface area (TPSA) is 86.1 Å². The minimum Gasteiger partial charge on any atom is -0.460 e. The number of carbonyl (C=O) groups excluding carboxylic acids is 2. The Morgan fingerprint density at radius 3 is 2.40 bits per heavy atom. The van der Waals surface area contributed by atoms with Gasteiger partial charge in [-0.25, -0.2) is 4.79 Å². The third-order valence-corrected chi connectivity index (χ3v) is 3.69. The highest BCUT2D eigenvalue weighted by Crippen LogP contribution is 2.21. The quantitative estimate of drug-likeness (QED) is 0.664.